The first kappa shape index (κ1) is 14.6. The summed E-state index contributed by atoms with van der Waals surface area (Å²) in [5.41, 5.74) is 1.04. The number of carbonyl (C=O) groups excluding carboxylic acids is 1. The van der Waals surface area contributed by atoms with Crippen LogP contribution >= 0.6 is 11.8 Å². The predicted molar refractivity (Wildman–Crippen MR) is 74.0 cm³/mol. The van der Waals surface area contributed by atoms with Crippen LogP contribution in [0.5, 0.6) is 0 Å². The number of benzene rings is 1. The largest absolute Gasteiger partial charge is 0.351 e. The number of nitrogens with one attached hydrogen (secondary N) is 1. The molecule has 0 aliphatic carbocycles. The Bertz CT molecular complexity index is 434. The van der Waals surface area contributed by atoms with Crippen molar-refractivity contribution in [1.29, 1.82) is 5.26 Å². The summed E-state index contributed by atoms with van der Waals surface area (Å²) in [5, 5.41) is 11.7. The molecule has 1 N–H and O–H groups in total. The van der Waals surface area contributed by atoms with Crippen LogP contribution in [-0.2, 0) is 11.3 Å². The van der Waals surface area contributed by atoms with E-state index in [4.69, 9.17) is 5.26 Å². The van der Waals surface area contributed by atoms with Crippen molar-refractivity contribution in [2.24, 2.45) is 11.8 Å². The molecule has 3 nitrogen and oxygen atoms in total. The third-order valence-corrected chi connectivity index (χ3v) is 3.46. The average Bonchev–Trinajstić information content (AvgIpc) is 2.37. The van der Waals surface area contributed by atoms with Crippen molar-refractivity contribution in [3.8, 4) is 6.07 Å². The molecular formula is C14H18N2OS. The topological polar surface area (TPSA) is 52.9 Å². The molecule has 1 rings (SSSR count). The first-order valence-corrected chi connectivity index (χ1v) is 7.11. The van der Waals surface area contributed by atoms with Crippen molar-refractivity contribution in [2.75, 3.05) is 6.26 Å². The quantitative estimate of drug-likeness (QED) is 0.830. The highest BCUT2D eigenvalue weighted by Gasteiger charge is 2.20. The standard InChI is InChI=1S/C14H18N2OS/c1-10(2)13(8-15)14(17)16-9-11-4-6-12(18-3)7-5-11/h4-7,10,13H,9H2,1-3H3,(H,16,17). The number of rotatable bonds is 5. The maximum Gasteiger partial charge on any atom is 0.237 e. The summed E-state index contributed by atoms with van der Waals surface area (Å²) in [6.45, 7) is 4.22. The number of nitriles is 1. The Morgan fingerprint density at radius 2 is 2.00 bits per heavy atom. The van der Waals surface area contributed by atoms with E-state index in [9.17, 15) is 4.79 Å². The number of carbonyl (C=O) groups is 1. The van der Waals surface area contributed by atoms with Crippen molar-refractivity contribution in [3.05, 3.63) is 29.8 Å². The molecule has 0 bridgehead atoms. The molecule has 0 saturated carbocycles. The third-order valence-electron chi connectivity index (χ3n) is 2.71. The number of amides is 1. The fraction of sp³-hybridized carbons (Fsp3) is 0.429. The van der Waals surface area contributed by atoms with E-state index < -0.39 is 5.92 Å². The van der Waals surface area contributed by atoms with Crippen LogP contribution in [0.15, 0.2) is 29.2 Å². The van der Waals surface area contributed by atoms with E-state index in [0.717, 1.165) is 5.56 Å². The summed E-state index contributed by atoms with van der Waals surface area (Å²) in [6, 6.07) is 10.1. The lowest BCUT2D eigenvalue weighted by atomic mass is 9.96. The normalized spacial score (nSPS) is 11.9. The lowest BCUT2D eigenvalue weighted by molar-refractivity contribution is -0.124. The fourth-order valence-corrected chi connectivity index (χ4v) is 1.96. The van der Waals surface area contributed by atoms with Crippen LogP contribution in [-0.4, -0.2) is 12.2 Å². The van der Waals surface area contributed by atoms with E-state index in [-0.39, 0.29) is 11.8 Å². The Kier molecular flexibility index (Phi) is 5.73. The summed E-state index contributed by atoms with van der Waals surface area (Å²) >= 11 is 1.68. The Morgan fingerprint density at radius 3 is 2.44 bits per heavy atom. The van der Waals surface area contributed by atoms with E-state index in [1.165, 1.54) is 4.90 Å². The van der Waals surface area contributed by atoms with Gasteiger partial charge in [-0.25, -0.2) is 0 Å². The van der Waals surface area contributed by atoms with Crippen LogP contribution in [0.2, 0.25) is 0 Å². The second-order valence-corrected chi connectivity index (χ2v) is 5.30. The summed E-state index contributed by atoms with van der Waals surface area (Å²) < 4.78 is 0. The highest BCUT2D eigenvalue weighted by molar-refractivity contribution is 7.98. The minimum Gasteiger partial charge on any atom is -0.351 e. The molecule has 0 spiro atoms. The number of thioether (sulfide) groups is 1. The van der Waals surface area contributed by atoms with Gasteiger partial charge in [0.05, 0.1) is 6.07 Å². The van der Waals surface area contributed by atoms with Crippen LogP contribution in [0.3, 0.4) is 0 Å². The molecule has 1 aromatic carbocycles. The molecule has 1 aromatic rings. The molecule has 0 saturated heterocycles. The molecule has 96 valence electrons. The van der Waals surface area contributed by atoms with Crippen molar-refractivity contribution in [3.63, 3.8) is 0 Å². The molecule has 1 atom stereocenters. The van der Waals surface area contributed by atoms with Crippen molar-refractivity contribution >= 4 is 17.7 Å². The van der Waals surface area contributed by atoms with Gasteiger partial charge in [0.1, 0.15) is 5.92 Å². The second-order valence-electron chi connectivity index (χ2n) is 4.42. The molecule has 18 heavy (non-hydrogen) atoms. The molecule has 0 radical (unpaired) electrons. The van der Waals surface area contributed by atoms with Crippen LogP contribution in [0, 0.1) is 23.2 Å². The average molecular weight is 262 g/mol. The minimum absolute atomic E-state index is 0.0360. The van der Waals surface area contributed by atoms with Crippen LogP contribution in [0.1, 0.15) is 19.4 Å². The van der Waals surface area contributed by atoms with E-state index >= 15 is 0 Å². The number of hydrogen-bond donors (Lipinski definition) is 1. The zero-order valence-corrected chi connectivity index (χ0v) is 11.8. The first-order valence-electron chi connectivity index (χ1n) is 5.88. The van der Waals surface area contributed by atoms with Crippen molar-refractivity contribution < 1.29 is 4.79 Å². The Hall–Kier alpha value is -1.47. The van der Waals surface area contributed by atoms with Crippen LogP contribution in [0.25, 0.3) is 0 Å². The zero-order chi connectivity index (χ0) is 13.5. The highest BCUT2D eigenvalue weighted by Crippen LogP contribution is 2.15. The van der Waals surface area contributed by atoms with Crippen molar-refractivity contribution in [1.82, 2.24) is 5.32 Å². The smallest absolute Gasteiger partial charge is 0.237 e. The van der Waals surface area contributed by atoms with Gasteiger partial charge in [0, 0.05) is 11.4 Å². The molecule has 1 amide bonds. The monoisotopic (exact) mass is 262 g/mol. The number of hydrogen-bond acceptors (Lipinski definition) is 3. The summed E-state index contributed by atoms with van der Waals surface area (Å²) in [4.78, 5) is 13.0. The molecule has 0 fully saturated rings. The van der Waals surface area contributed by atoms with E-state index in [0.29, 0.717) is 6.54 Å². The summed E-state index contributed by atoms with van der Waals surface area (Å²) in [5.74, 6) is -0.731. The minimum atomic E-state index is -0.574. The Balaban J connectivity index is 2.54. The molecule has 0 aliphatic heterocycles. The van der Waals surface area contributed by atoms with Crippen LogP contribution in [0.4, 0.5) is 0 Å². The van der Waals surface area contributed by atoms with Gasteiger partial charge in [-0.2, -0.15) is 5.26 Å². The molecule has 1 unspecified atom stereocenters. The number of nitrogens with zero attached hydrogens (tertiary/aromatic N) is 1. The van der Waals surface area contributed by atoms with Gasteiger partial charge in [-0.15, -0.1) is 11.8 Å². The lowest BCUT2D eigenvalue weighted by Crippen LogP contribution is -2.32. The van der Waals surface area contributed by atoms with Gasteiger partial charge < -0.3 is 5.32 Å². The van der Waals surface area contributed by atoms with Gasteiger partial charge in [0.15, 0.2) is 0 Å². The van der Waals surface area contributed by atoms with Crippen molar-refractivity contribution in [2.45, 2.75) is 25.3 Å². The Labute approximate surface area is 113 Å². The lowest BCUT2D eigenvalue weighted by Gasteiger charge is -2.13. The van der Waals surface area contributed by atoms with Gasteiger partial charge in [0.2, 0.25) is 5.91 Å². The summed E-state index contributed by atoms with van der Waals surface area (Å²) in [6.07, 6.45) is 2.02. The summed E-state index contributed by atoms with van der Waals surface area (Å²) in [7, 11) is 0. The molecule has 0 aliphatic rings. The molecule has 0 aromatic heterocycles. The molecule has 4 heteroatoms. The molecule has 0 heterocycles. The maximum atomic E-state index is 11.8. The van der Waals surface area contributed by atoms with Gasteiger partial charge in [0.25, 0.3) is 0 Å². The van der Waals surface area contributed by atoms with Gasteiger partial charge in [-0.1, -0.05) is 26.0 Å². The first-order chi connectivity index (χ1) is 8.58. The maximum absolute atomic E-state index is 11.8. The van der Waals surface area contributed by atoms with E-state index in [1.807, 2.05) is 50.4 Å². The third kappa shape index (κ3) is 4.08. The van der Waals surface area contributed by atoms with E-state index in [2.05, 4.69) is 5.32 Å². The van der Waals surface area contributed by atoms with Gasteiger partial charge in [-0.05, 0) is 29.9 Å². The highest BCUT2D eigenvalue weighted by atomic mass is 32.2. The second kappa shape index (κ2) is 7.07. The molecular weight excluding hydrogens is 244 g/mol. The SMILES string of the molecule is CSc1ccc(CNC(=O)C(C#N)C(C)C)cc1. The Morgan fingerprint density at radius 1 is 1.39 bits per heavy atom. The zero-order valence-electron chi connectivity index (χ0n) is 10.9. The fourth-order valence-electron chi connectivity index (χ4n) is 1.55. The van der Waals surface area contributed by atoms with Crippen LogP contribution < -0.4 is 5.32 Å². The van der Waals surface area contributed by atoms with Gasteiger partial charge >= 0.3 is 0 Å². The van der Waals surface area contributed by atoms with Gasteiger partial charge in [-0.3, -0.25) is 4.79 Å². The predicted octanol–water partition coefficient (Wildman–Crippen LogP) is 2.82. The van der Waals surface area contributed by atoms with E-state index in [1.54, 1.807) is 11.8 Å².